The Morgan fingerprint density at radius 1 is 1.24 bits per heavy atom. The van der Waals surface area contributed by atoms with Crippen LogP contribution in [0.15, 0.2) is 75.9 Å². The van der Waals surface area contributed by atoms with Crippen molar-refractivity contribution >= 4 is 28.6 Å². The number of hydrogen-bond donors (Lipinski definition) is 1. The van der Waals surface area contributed by atoms with Gasteiger partial charge in [-0.05, 0) is 42.5 Å². The first-order chi connectivity index (χ1) is 14.3. The van der Waals surface area contributed by atoms with Crippen molar-refractivity contribution in [3.05, 3.63) is 77.1 Å². The minimum atomic E-state index is -0.157. The molecule has 0 atom stereocenters. The van der Waals surface area contributed by atoms with Gasteiger partial charge in [0, 0.05) is 17.1 Å². The summed E-state index contributed by atoms with van der Waals surface area (Å²) >= 11 is 1.53. The van der Waals surface area contributed by atoms with Crippen LogP contribution >= 0.6 is 11.3 Å². The number of carbonyl (C=O) groups is 1. The zero-order valence-corrected chi connectivity index (χ0v) is 16.1. The molecular weight excluding hydrogens is 388 g/mol. The van der Waals surface area contributed by atoms with Crippen LogP contribution in [-0.2, 0) is 11.3 Å². The molecule has 7 nitrogen and oxygen atoms in total. The van der Waals surface area contributed by atoms with Crippen LogP contribution in [0.3, 0.4) is 0 Å². The molecule has 3 aromatic heterocycles. The number of benzene rings is 1. The highest BCUT2D eigenvalue weighted by Crippen LogP contribution is 2.33. The minimum Gasteiger partial charge on any atom is -0.482 e. The number of hydrogen-bond acceptors (Lipinski definition) is 6. The molecule has 8 heteroatoms. The third-order valence-electron chi connectivity index (χ3n) is 4.47. The van der Waals surface area contributed by atoms with E-state index >= 15 is 0 Å². The SMILES string of the molecule is O=C1COc2ccc(-c3csc(=Nc4cccnc4)n3Cc3ccco3)cc2N1. The van der Waals surface area contributed by atoms with Crippen LogP contribution in [0.4, 0.5) is 11.4 Å². The van der Waals surface area contributed by atoms with Crippen LogP contribution in [0.5, 0.6) is 5.75 Å². The van der Waals surface area contributed by atoms with Gasteiger partial charge < -0.3 is 19.0 Å². The standard InChI is InChI=1S/C21H16N4O3S/c26-20-12-28-19-6-5-14(9-17(19)24-20)18-13-29-21(23-15-3-1-7-22-10-15)25(18)11-16-4-2-8-27-16/h1-10,13H,11-12H2,(H,24,26). The number of anilines is 1. The summed E-state index contributed by atoms with van der Waals surface area (Å²) in [5.74, 6) is 1.34. The Kier molecular flexibility index (Phi) is 4.45. The van der Waals surface area contributed by atoms with Gasteiger partial charge in [0.05, 0.1) is 36.1 Å². The van der Waals surface area contributed by atoms with E-state index in [0.29, 0.717) is 18.0 Å². The number of ether oxygens (including phenoxy) is 1. The van der Waals surface area contributed by atoms with E-state index in [1.54, 1.807) is 18.7 Å². The van der Waals surface area contributed by atoms with Gasteiger partial charge in [-0.25, -0.2) is 4.99 Å². The third-order valence-corrected chi connectivity index (χ3v) is 5.33. The third kappa shape index (κ3) is 3.57. The van der Waals surface area contributed by atoms with E-state index in [2.05, 4.69) is 14.9 Å². The quantitative estimate of drug-likeness (QED) is 0.561. The Bertz CT molecular complexity index is 1230. The fraction of sp³-hybridized carbons (Fsp3) is 0.0952. The fourth-order valence-corrected chi connectivity index (χ4v) is 4.06. The monoisotopic (exact) mass is 404 g/mol. The lowest BCUT2D eigenvalue weighted by Crippen LogP contribution is -2.25. The molecule has 5 rings (SSSR count). The average molecular weight is 404 g/mol. The number of thiazole rings is 1. The van der Waals surface area contributed by atoms with Crippen LogP contribution in [-0.4, -0.2) is 22.1 Å². The van der Waals surface area contributed by atoms with E-state index in [1.807, 2.05) is 47.8 Å². The molecule has 0 unspecified atom stereocenters. The number of carbonyl (C=O) groups excluding carboxylic acids is 1. The van der Waals surface area contributed by atoms with E-state index in [9.17, 15) is 4.79 Å². The van der Waals surface area contributed by atoms with E-state index in [-0.39, 0.29) is 12.5 Å². The summed E-state index contributed by atoms with van der Waals surface area (Å²) in [6, 6.07) is 13.3. The largest absolute Gasteiger partial charge is 0.482 e. The maximum atomic E-state index is 11.7. The molecule has 0 spiro atoms. The highest BCUT2D eigenvalue weighted by molar-refractivity contribution is 7.07. The number of pyridine rings is 1. The first-order valence-electron chi connectivity index (χ1n) is 8.99. The smallest absolute Gasteiger partial charge is 0.262 e. The maximum Gasteiger partial charge on any atom is 0.262 e. The van der Waals surface area contributed by atoms with Gasteiger partial charge in [0.2, 0.25) is 0 Å². The van der Waals surface area contributed by atoms with Crippen molar-refractivity contribution in [2.75, 3.05) is 11.9 Å². The number of nitrogens with one attached hydrogen (secondary N) is 1. The highest BCUT2D eigenvalue weighted by Gasteiger charge is 2.18. The van der Waals surface area contributed by atoms with Crippen molar-refractivity contribution < 1.29 is 13.9 Å². The first kappa shape index (κ1) is 17.4. The van der Waals surface area contributed by atoms with Crippen molar-refractivity contribution in [3.63, 3.8) is 0 Å². The van der Waals surface area contributed by atoms with Crippen LogP contribution < -0.4 is 14.9 Å². The van der Waals surface area contributed by atoms with Crippen LogP contribution in [0.2, 0.25) is 0 Å². The van der Waals surface area contributed by atoms with Crippen molar-refractivity contribution in [2.24, 2.45) is 4.99 Å². The fourth-order valence-electron chi connectivity index (χ4n) is 3.13. The van der Waals surface area contributed by atoms with Crippen LogP contribution in [0.1, 0.15) is 5.76 Å². The van der Waals surface area contributed by atoms with E-state index in [0.717, 1.165) is 27.5 Å². The summed E-state index contributed by atoms with van der Waals surface area (Å²) < 4.78 is 13.1. The molecule has 1 amide bonds. The average Bonchev–Trinajstić information content (AvgIpc) is 3.39. The van der Waals surface area contributed by atoms with Gasteiger partial charge in [-0.1, -0.05) is 0 Å². The zero-order valence-electron chi connectivity index (χ0n) is 15.2. The Balaban J connectivity index is 1.62. The van der Waals surface area contributed by atoms with E-state index in [4.69, 9.17) is 14.1 Å². The lowest BCUT2D eigenvalue weighted by molar-refractivity contribution is -0.118. The molecule has 1 aliphatic heterocycles. The molecule has 4 heterocycles. The lowest BCUT2D eigenvalue weighted by atomic mass is 10.1. The Morgan fingerprint density at radius 2 is 2.21 bits per heavy atom. The number of fused-ring (bicyclic) bond motifs is 1. The summed E-state index contributed by atoms with van der Waals surface area (Å²) in [6.45, 7) is 0.572. The molecule has 0 saturated carbocycles. The summed E-state index contributed by atoms with van der Waals surface area (Å²) in [7, 11) is 0. The number of rotatable bonds is 4. The summed E-state index contributed by atoms with van der Waals surface area (Å²) in [4.78, 5) is 21.4. The number of amides is 1. The molecule has 0 saturated heterocycles. The van der Waals surface area contributed by atoms with Gasteiger partial charge in [-0.15, -0.1) is 11.3 Å². The summed E-state index contributed by atoms with van der Waals surface area (Å²) in [6.07, 6.45) is 5.10. The second kappa shape index (κ2) is 7.40. The van der Waals surface area contributed by atoms with Gasteiger partial charge in [-0.3, -0.25) is 9.78 Å². The second-order valence-corrected chi connectivity index (χ2v) is 7.28. The molecule has 1 aromatic carbocycles. The van der Waals surface area contributed by atoms with Crippen molar-refractivity contribution in [1.29, 1.82) is 0 Å². The molecule has 0 radical (unpaired) electrons. The van der Waals surface area contributed by atoms with Gasteiger partial charge >= 0.3 is 0 Å². The Morgan fingerprint density at radius 3 is 3.03 bits per heavy atom. The number of nitrogens with zero attached hydrogens (tertiary/aromatic N) is 3. The molecular formula is C21H16N4O3S. The lowest BCUT2D eigenvalue weighted by Gasteiger charge is -2.18. The molecule has 0 bridgehead atoms. The molecule has 29 heavy (non-hydrogen) atoms. The van der Waals surface area contributed by atoms with Gasteiger partial charge in [0.1, 0.15) is 11.5 Å². The van der Waals surface area contributed by atoms with E-state index in [1.165, 1.54) is 11.3 Å². The van der Waals surface area contributed by atoms with Gasteiger partial charge in [0.15, 0.2) is 11.4 Å². The minimum absolute atomic E-state index is 0.0391. The number of aromatic nitrogens is 2. The predicted octanol–water partition coefficient (Wildman–Crippen LogP) is 3.82. The normalized spacial score (nSPS) is 13.7. The second-order valence-electron chi connectivity index (χ2n) is 6.44. The molecule has 1 N–H and O–H groups in total. The van der Waals surface area contributed by atoms with Gasteiger partial charge in [-0.2, -0.15) is 0 Å². The summed E-state index contributed by atoms with van der Waals surface area (Å²) in [5, 5.41) is 4.91. The van der Waals surface area contributed by atoms with Crippen molar-refractivity contribution in [2.45, 2.75) is 6.54 Å². The molecule has 144 valence electrons. The van der Waals surface area contributed by atoms with Crippen LogP contribution in [0.25, 0.3) is 11.3 Å². The highest BCUT2D eigenvalue weighted by atomic mass is 32.1. The zero-order chi connectivity index (χ0) is 19.6. The maximum absolute atomic E-state index is 11.7. The number of furan rings is 1. The molecule has 4 aromatic rings. The topological polar surface area (TPSA) is 81.7 Å². The molecule has 1 aliphatic rings. The van der Waals surface area contributed by atoms with Crippen LogP contribution in [0, 0.1) is 0 Å². The predicted molar refractivity (Wildman–Crippen MR) is 109 cm³/mol. The first-order valence-corrected chi connectivity index (χ1v) is 9.87. The Labute approximate surface area is 169 Å². The summed E-state index contributed by atoms with van der Waals surface area (Å²) in [5.41, 5.74) is 3.36. The molecule has 0 aliphatic carbocycles. The Hall–Kier alpha value is -3.65. The van der Waals surface area contributed by atoms with Crippen molar-refractivity contribution in [3.8, 4) is 17.0 Å². The van der Waals surface area contributed by atoms with Crippen molar-refractivity contribution in [1.82, 2.24) is 9.55 Å². The van der Waals surface area contributed by atoms with Gasteiger partial charge in [0.25, 0.3) is 5.91 Å². The van der Waals surface area contributed by atoms with E-state index < -0.39 is 0 Å². The molecule has 0 fully saturated rings.